The van der Waals surface area contributed by atoms with E-state index >= 15 is 0 Å². The third kappa shape index (κ3) is 3.37. The topological polar surface area (TPSA) is 26.3 Å². The Morgan fingerprint density at radius 2 is 2.00 bits per heavy atom. The first-order valence-corrected chi connectivity index (χ1v) is 7.74. The lowest BCUT2D eigenvalue weighted by molar-refractivity contribution is 0.0600. The minimum absolute atomic E-state index is 0.264. The van der Waals surface area contributed by atoms with E-state index in [-0.39, 0.29) is 11.4 Å². The van der Waals surface area contributed by atoms with Gasteiger partial charge in [-0.2, -0.15) is 0 Å². The van der Waals surface area contributed by atoms with Crippen LogP contribution in [0.15, 0.2) is 24.3 Å². The van der Waals surface area contributed by atoms with E-state index in [0.717, 1.165) is 12.0 Å². The summed E-state index contributed by atoms with van der Waals surface area (Å²) >= 11 is 0. The normalized spacial score (nSPS) is 19.1. The molecular formula is C19H26O2. The minimum Gasteiger partial charge on any atom is -0.465 e. The molecule has 0 heterocycles. The Bertz CT molecular complexity index is 561. The predicted molar refractivity (Wildman–Crippen MR) is 87.3 cm³/mol. The van der Waals surface area contributed by atoms with Gasteiger partial charge in [-0.05, 0) is 66.4 Å². The van der Waals surface area contributed by atoms with Gasteiger partial charge in [0.2, 0.25) is 0 Å². The van der Waals surface area contributed by atoms with Crippen molar-refractivity contribution >= 4 is 11.5 Å². The summed E-state index contributed by atoms with van der Waals surface area (Å²) in [5, 5.41) is 0. The Kier molecular flexibility index (Phi) is 4.55. The molecule has 0 saturated heterocycles. The zero-order valence-electron chi connectivity index (χ0n) is 13.8. The van der Waals surface area contributed by atoms with Gasteiger partial charge >= 0.3 is 5.97 Å². The van der Waals surface area contributed by atoms with Gasteiger partial charge in [-0.1, -0.05) is 32.9 Å². The van der Waals surface area contributed by atoms with Crippen molar-refractivity contribution in [2.24, 2.45) is 11.3 Å². The second-order valence-electron chi connectivity index (χ2n) is 7.03. The molecular weight excluding hydrogens is 260 g/mol. The van der Waals surface area contributed by atoms with Crippen LogP contribution in [0.4, 0.5) is 0 Å². The number of hydrogen-bond donors (Lipinski definition) is 0. The van der Waals surface area contributed by atoms with Crippen molar-refractivity contribution in [3.8, 4) is 0 Å². The maximum absolute atomic E-state index is 11.6. The molecule has 1 aliphatic rings. The number of benzene rings is 1. The third-order valence-corrected chi connectivity index (χ3v) is 4.44. The van der Waals surface area contributed by atoms with Crippen molar-refractivity contribution < 1.29 is 9.53 Å². The second kappa shape index (κ2) is 6.05. The van der Waals surface area contributed by atoms with Crippen LogP contribution < -0.4 is 0 Å². The number of aryl methyl sites for hydroxylation is 1. The highest BCUT2D eigenvalue weighted by atomic mass is 16.5. The first-order valence-electron chi connectivity index (χ1n) is 7.74. The first kappa shape index (κ1) is 15.8. The zero-order valence-corrected chi connectivity index (χ0v) is 13.8. The number of rotatable bonds is 2. The highest BCUT2D eigenvalue weighted by Gasteiger charge is 2.30. The van der Waals surface area contributed by atoms with Gasteiger partial charge in [-0.15, -0.1) is 0 Å². The third-order valence-electron chi connectivity index (χ3n) is 4.44. The van der Waals surface area contributed by atoms with E-state index in [1.807, 2.05) is 12.1 Å². The summed E-state index contributed by atoms with van der Waals surface area (Å²) in [5.74, 6) is 0.309. The van der Waals surface area contributed by atoms with Crippen molar-refractivity contribution in [2.75, 3.05) is 7.11 Å². The smallest absolute Gasteiger partial charge is 0.337 e. The van der Waals surface area contributed by atoms with Crippen molar-refractivity contribution in [3.63, 3.8) is 0 Å². The van der Waals surface area contributed by atoms with Gasteiger partial charge in [0.05, 0.1) is 12.7 Å². The molecule has 1 atom stereocenters. The first-order chi connectivity index (χ1) is 9.84. The van der Waals surface area contributed by atoms with Crippen LogP contribution in [0.5, 0.6) is 0 Å². The van der Waals surface area contributed by atoms with Gasteiger partial charge in [-0.3, -0.25) is 0 Å². The van der Waals surface area contributed by atoms with Crippen molar-refractivity contribution in [1.82, 2.24) is 0 Å². The Hall–Kier alpha value is -1.57. The molecule has 0 saturated carbocycles. The van der Waals surface area contributed by atoms with Crippen molar-refractivity contribution in [3.05, 3.63) is 41.0 Å². The maximum Gasteiger partial charge on any atom is 0.337 e. The van der Waals surface area contributed by atoms with E-state index in [4.69, 9.17) is 4.74 Å². The molecule has 0 aromatic heterocycles. The Morgan fingerprint density at radius 1 is 1.29 bits per heavy atom. The molecule has 2 heteroatoms. The summed E-state index contributed by atoms with van der Waals surface area (Å²) in [6.45, 7) is 9.02. The molecule has 0 N–H and O–H groups in total. The van der Waals surface area contributed by atoms with Crippen LogP contribution in [-0.4, -0.2) is 13.1 Å². The number of carbonyl (C=O) groups is 1. The van der Waals surface area contributed by atoms with Crippen LogP contribution >= 0.6 is 0 Å². The van der Waals surface area contributed by atoms with E-state index in [1.165, 1.54) is 31.1 Å². The molecule has 2 rings (SSSR count). The molecule has 0 amide bonds. The van der Waals surface area contributed by atoms with Gasteiger partial charge < -0.3 is 4.74 Å². The average Bonchev–Trinajstić information content (AvgIpc) is 2.45. The van der Waals surface area contributed by atoms with Crippen LogP contribution in [0.25, 0.3) is 5.57 Å². The summed E-state index contributed by atoms with van der Waals surface area (Å²) in [6, 6.07) is 5.90. The molecule has 2 nitrogen and oxygen atoms in total. The summed E-state index contributed by atoms with van der Waals surface area (Å²) in [6.07, 6.45) is 6.05. The van der Waals surface area contributed by atoms with Crippen molar-refractivity contribution in [2.45, 2.75) is 47.0 Å². The molecule has 0 fully saturated rings. The lowest BCUT2D eigenvalue weighted by Crippen LogP contribution is -2.24. The number of esters is 1. The van der Waals surface area contributed by atoms with Crippen molar-refractivity contribution in [1.29, 1.82) is 0 Å². The fourth-order valence-corrected chi connectivity index (χ4v) is 3.31. The van der Waals surface area contributed by atoms with E-state index in [9.17, 15) is 4.79 Å². The van der Waals surface area contributed by atoms with Crippen LogP contribution in [0.1, 0.15) is 61.5 Å². The van der Waals surface area contributed by atoms with Gasteiger partial charge in [-0.25, -0.2) is 4.79 Å². The fraction of sp³-hybridized carbons (Fsp3) is 0.526. The summed E-state index contributed by atoms with van der Waals surface area (Å²) in [7, 11) is 1.42. The highest BCUT2D eigenvalue weighted by molar-refractivity contribution is 5.90. The molecule has 1 unspecified atom stereocenters. The molecule has 0 aliphatic heterocycles. The van der Waals surface area contributed by atoms with Crippen LogP contribution in [0, 0.1) is 18.3 Å². The second-order valence-corrected chi connectivity index (χ2v) is 7.03. The lowest BCUT2D eigenvalue weighted by atomic mass is 9.69. The lowest BCUT2D eigenvalue weighted by Gasteiger charge is -2.36. The van der Waals surface area contributed by atoms with Crippen LogP contribution in [0.3, 0.4) is 0 Å². The zero-order chi connectivity index (χ0) is 15.6. The number of hydrogen-bond acceptors (Lipinski definition) is 2. The van der Waals surface area contributed by atoms with Crippen LogP contribution in [-0.2, 0) is 4.74 Å². The number of methoxy groups -OCH3 is 1. The monoisotopic (exact) mass is 286 g/mol. The Balaban J connectivity index is 2.41. The predicted octanol–water partition coefficient (Wildman–Crippen LogP) is 5.01. The minimum atomic E-state index is -0.269. The summed E-state index contributed by atoms with van der Waals surface area (Å²) < 4.78 is 4.80. The van der Waals surface area contributed by atoms with Gasteiger partial charge in [0.1, 0.15) is 0 Å². The molecule has 1 aromatic rings. The van der Waals surface area contributed by atoms with Gasteiger partial charge in [0.25, 0.3) is 0 Å². The fourth-order valence-electron chi connectivity index (χ4n) is 3.31. The highest BCUT2D eigenvalue weighted by Crippen LogP contribution is 2.44. The molecule has 0 bridgehead atoms. The molecule has 1 aromatic carbocycles. The van der Waals surface area contributed by atoms with Gasteiger partial charge in [0.15, 0.2) is 0 Å². The molecule has 1 aliphatic carbocycles. The largest absolute Gasteiger partial charge is 0.465 e. The molecule has 114 valence electrons. The Labute approximate surface area is 128 Å². The number of carbonyl (C=O) groups excluding carboxylic acids is 1. The van der Waals surface area contributed by atoms with Gasteiger partial charge in [0, 0.05) is 0 Å². The maximum atomic E-state index is 11.6. The van der Waals surface area contributed by atoms with E-state index < -0.39 is 0 Å². The van der Waals surface area contributed by atoms with E-state index in [1.54, 1.807) is 0 Å². The summed E-state index contributed by atoms with van der Waals surface area (Å²) in [4.78, 5) is 11.6. The molecule has 0 spiro atoms. The Morgan fingerprint density at radius 3 is 2.57 bits per heavy atom. The molecule has 21 heavy (non-hydrogen) atoms. The van der Waals surface area contributed by atoms with E-state index in [2.05, 4.69) is 39.8 Å². The SMILES string of the molecule is COC(=O)c1ccc(C2=CCCCC2C(C)(C)C)c(C)c1. The number of allylic oxidation sites excluding steroid dienone is 2. The van der Waals surface area contributed by atoms with E-state index in [0.29, 0.717) is 11.5 Å². The van der Waals surface area contributed by atoms with Crippen LogP contribution in [0.2, 0.25) is 0 Å². The quantitative estimate of drug-likeness (QED) is 0.714. The summed E-state index contributed by atoms with van der Waals surface area (Å²) in [5.41, 5.74) is 4.77. The molecule has 0 radical (unpaired) electrons. The number of ether oxygens (including phenoxy) is 1. The average molecular weight is 286 g/mol. The standard InChI is InChI=1S/C19H26O2/c1-13-12-14(18(20)21-5)10-11-15(13)16-8-6-7-9-17(16)19(2,3)4/h8,10-12,17H,6-7,9H2,1-5H3.